The number of anilines is 1. The number of hydrogen-bond donors (Lipinski definition) is 1. The third-order valence-electron chi connectivity index (χ3n) is 2.11. The summed E-state index contributed by atoms with van der Waals surface area (Å²) in [5.41, 5.74) is 0.470. The van der Waals surface area contributed by atoms with Gasteiger partial charge in [0.05, 0.1) is 12.8 Å². The van der Waals surface area contributed by atoms with E-state index in [4.69, 9.17) is 0 Å². The van der Waals surface area contributed by atoms with E-state index in [1.54, 1.807) is 17.5 Å². The van der Waals surface area contributed by atoms with Crippen LogP contribution >= 0.6 is 38.6 Å². The predicted molar refractivity (Wildman–Crippen MR) is 75.6 cm³/mol. The van der Waals surface area contributed by atoms with E-state index in [0.29, 0.717) is 15.4 Å². The zero-order valence-electron chi connectivity index (χ0n) is 9.23. The molecule has 1 N–H and O–H groups in total. The fourth-order valence-corrected chi connectivity index (χ4v) is 3.51. The van der Waals surface area contributed by atoms with Crippen molar-refractivity contribution in [1.29, 1.82) is 0 Å². The lowest BCUT2D eigenvalue weighted by Crippen LogP contribution is -2.13. The van der Waals surface area contributed by atoms with Gasteiger partial charge in [0.15, 0.2) is 0 Å². The predicted octanol–water partition coefficient (Wildman–Crippen LogP) is 3.61. The minimum Gasteiger partial charge on any atom is -0.465 e. The first-order valence-electron chi connectivity index (χ1n) is 4.83. The smallest absolute Gasteiger partial charge is 0.350 e. The molecule has 0 saturated heterocycles. The summed E-state index contributed by atoms with van der Waals surface area (Å²) in [7, 11) is 1.31. The molecule has 0 aliphatic rings. The molecule has 0 bridgehead atoms. The number of esters is 1. The highest BCUT2D eigenvalue weighted by atomic mass is 79.9. The largest absolute Gasteiger partial charge is 0.465 e. The number of hydrogen-bond acceptors (Lipinski definition) is 5. The second-order valence-electron chi connectivity index (χ2n) is 3.21. The topological polar surface area (TPSA) is 55.4 Å². The van der Waals surface area contributed by atoms with Crippen molar-refractivity contribution >= 4 is 56.2 Å². The van der Waals surface area contributed by atoms with Crippen LogP contribution in [0.15, 0.2) is 27.4 Å². The molecule has 0 atom stereocenters. The lowest BCUT2D eigenvalue weighted by molar-refractivity contribution is 0.0607. The summed E-state index contributed by atoms with van der Waals surface area (Å²) < 4.78 is 5.38. The van der Waals surface area contributed by atoms with Crippen molar-refractivity contribution in [2.75, 3.05) is 12.4 Å². The fourth-order valence-electron chi connectivity index (χ4n) is 1.29. The molecule has 0 saturated carbocycles. The van der Waals surface area contributed by atoms with Crippen LogP contribution in [0.25, 0.3) is 0 Å². The standard InChI is InChI=1S/C11H8BrNO3S2/c1-16-11(15)9-7(3-5-18-9)13-10(14)8-6(12)2-4-17-8/h2-5H,1H3,(H,13,14). The number of thiophene rings is 2. The molecule has 0 spiro atoms. The number of methoxy groups -OCH3 is 1. The zero-order chi connectivity index (χ0) is 13.1. The van der Waals surface area contributed by atoms with Gasteiger partial charge in [-0.15, -0.1) is 22.7 Å². The van der Waals surface area contributed by atoms with Gasteiger partial charge >= 0.3 is 5.97 Å². The van der Waals surface area contributed by atoms with Gasteiger partial charge in [-0.1, -0.05) is 0 Å². The number of nitrogens with one attached hydrogen (secondary N) is 1. The molecule has 4 nitrogen and oxygen atoms in total. The number of ether oxygens (including phenoxy) is 1. The molecule has 0 fully saturated rings. The molecular formula is C11H8BrNO3S2. The van der Waals surface area contributed by atoms with Crippen molar-refractivity contribution in [3.05, 3.63) is 37.1 Å². The maximum atomic E-state index is 12.0. The van der Waals surface area contributed by atoms with Crippen molar-refractivity contribution in [3.8, 4) is 0 Å². The first kappa shape index (κ1) is 13.3. The van der Waals surface area contributed by atoms with Crippen molar-refractivity contribution in [3.63, 3.8) is 0 Å². The third-order valence-corrected chi connectivity index (χ3v) is 4.84. The van der Waals surface area contributed by atoms with E-state index in [1.165, 1.54) is 29.8 Å². The summed E-state index contributed by atoms with van der Waals surface area (Å²) in [5.74, 6) is -0.703. The Labute approximate surface area is 120 Å². The van der Waals surface area contributed by atoms with E-state index in [0.717, 1.165) is 4.47 Å². The molecule has 0 aliphatic carbocycles. The highest BCUT2D eigenvalue weighted by molar-refractivity contribution is 9.10. The number of carbonyl (C=O) groups is 2. The van der Waals surface area contributed by atoms with Gasteiger partial charge in [-0.3, -0.25) is 4.79 Å². The molecule has 94 valence electrons. The van der Waals surface area contributed by atoms with Crippen LogP contribution in [-0.4, -0.2) is 19.0 Å². The Balaban J connectivity index is 2.20. The van der Waals surface area contributed by atoms with E-state index in [9.17, 15) is 9.59 Å². The Morgan fingerprint density at radius 1 is 1.22 bits per heavy atom. The first-order valence-corrected chi connectivity index (χ1v) is 7.39. The summed E-state index contributed by atoms with van der Waals surface area (Å²) in [4.78, 5) is 24.4. The maximum absolute atomic E-state index is 12.0. The van der Waals surface area contributed by atoms with E-state index in [-0.39, 0.29) is 5.91 Å². The highest BCUT2D eigenvalue weighted by Gasteiger charge is 2.18. The average molecular weight is 346 g/mol. The van der Waals surface area contributed by atoms with Crippen molar-refractivity contribution in [2.45, 2.75) is 0 Å². The molecule has 2 rings (SSSR count). The molecule has 18 heavy (non-hydrogen) atoms. The van der Waals surface area contributed by atoms with Crippen molar-refractivity contribution in [1.82, 2.24) is 0 Å². The number of rotatable bonds is 3. The zero-order valence-corrected chi connectivity index (χ0v) is 12.4. The van der Waals surface area contributed by atoms with Gasteiger partial charge in [0.25, 0.3) is 5.91 Å². The number of carbonyl (C=O) groups excluding carboxylic acids is 2. The van der Waals surface area contributed by atoms with Crippen LogP contribution < -0.4 is 5.32 Å². The van der Waals surface area contributed by atoms with E-state index in [1.807, 2.05) is 5.38 Å². The van der Waals surface area contributed by atoms with Gasteiger partial charge in [0.1, 0.15) is 9.75 Å². The molecule has 0 aliphatic heterocycles. The molecular weight excluding hydrogens is 338 g/mol. The minimum atomic E-state index is -0.453. The fraction of sp³-hybridized carbons (Fsp3) is 0.0909. The van der Waals surface area contributed by atoms with Crippen LogP contribution in [0.4, 0.5) is 5.69 Å². The van der Waals surface area contributed by atoms with Crippen LogP contribution in [-0.2, 0) is 4.74 Å². The quantitative estimate of drug-likeness (QED) is 0.864. The minimum absolute atomic E-state index is 0.250. The maximum Gasteiger partial charge on any atom is 0.350 e. The number of amides is 1. The molecule has 0 radical (unpaired) electrons. The average Bonchev–Trinajstić information content (AvgIpc) is 2.97. The molecule has 0 aromatic carbocycles. The Hall–Kier alpha value is -1.18. The number of halogens is 1. The van der Waals surface area contributed by atoms with E-state index < -0.39 is 5.97 Å². The monoisotopic (exact) mass is 345 g/mol. The first-order chi connectivity index (χ1) is 8.63. The Morgan fingerprint density at radius 3 is 2.50 bits per heavy atom. The van der Waals surface area contributed by atoms with E-state index in [2.05, 4.69) is 26.0 Å². The third kappa shape index (κ3) is 2.63. The molecule has 1 amide bonds. The summed E-state index contributed by atoms with van der Waals surface area (Å²) in [6.07, 6.45) is 0. The highest BCUT2D eigenvalue weighted by Crippen LogP contribution is 2.27. The van der Waals surface area contributed by atoms with Gasteiger partial charge in [-0.2, -0.15) is 0 Å². The Kier molecular flexibility index (Phi) is 4.15. The molecule has 0 unspecified atom stereocenters. The Bertz CT molecular complexity index is 591. The van der Waals surface area contributed by atoms with Gasteiger partial charge in [-0.05, 0) is 38.8 Å². The van der Waals surface area contributed by atoms with Crippen LogP contribution in [0.1, 0.15) is 19.3 Å². The van der Waals surface area contributed by atoms with Crippen LogP contribution in [0.3, 0.4) is 0 Å². The Morgan fingerprint density at radius 2 is 1.89 bits per heavy atom. The van der Waals surface area contributed by atoms with Gasteiger partial charge in [0.2, 0.25) is 0 Å². The van der Waals surface area contributed by atoms with Crippen molar-refractivity contribution < 1.29 is 14.3 Å². The lowest BCUT2D eigenvalue weighted by atomic mass is 10.3. The summed E-state index contributed by atoms with van der Waals surface area (Å²) >= 11 is 5.85. The second kappa shape index (κ2) is 5.64. The van der Waals surface area contributed by atoms with Gasteiger partial charge in [-0.25, -0.2) is 4.79 Å². The summed E-state index contributed by atoms with van der Waals surface area (Å²) in [5, 5.41) is 6.24. The lowest BCUT2D eigenvalue weighted by Gasteiger charge is -2.04. The second-order valence-corrected chi connectivity index (χ2v) is 5.89. The summed E-state index contributed by atoms with van der Waals surface area (Å²) in [6.45, 7) is 0. The molecule has 2 heterocycles. The molecule has 2 aromatic heterocycles. The SMILES string of the molecule is COC(=O)c1sccc1NC(=O)c1sccc1Br. The van der Waals surface area contributed by atoms with Gasteiger partial charge in [0, 0.05) is 4.47 Å². The van der Waals surface area contributed by atoms with E-state index >= 15 is 0 Å². The van der Waals surface area contributed by atoms with Crippen LogP contribution in [0.5, 0.6) is 0 Å². The normalized spacial score (nSPS) is 10.1. The van der Waals surface area contributed by atoms with Crippen molar-refractivity contribution in [2.24, 2.45) is 0 Å². The van der Waals surface area contributed by atoms with Gasteiger partial charge < -0.3 is 10.1 Å². The summed E-state index contributed by atoms with van der Waals surface area (Å²) in [6, 6.07) is 3.48. The van der Waals surface area contributed by atoms with Crippen LogP contribution in [0.2, 0.25) is 0 Å². The molecule has 2 aromatic rings. The molecule has 7 heteroatoms. The van der Waals surface area contributed by atoms with Crippen LogP contribution in [0, 0.1) is 0 Å².